The molecule has 1 aromatic rings. The summed E-state index contributed by atoms with van der Waals surface area (Å²) in [6, 6.07) is 0.852. The lowest BCUT2D eigenvalue weighted by molar-refractivity contribution is -0.0749. The normalized spacial score (nSPS) is 22.9. The molecule has 2 N–H and O–H groups in total. The zero-order valence-corrected chi connectivity index (χ0v) is 15.1. The third-order valence-corrected chi connectivity index (χ3v) is 6.03. The van der Waals surface area contributed by atoms with Crippen molar-refractivity contribution in [1.29, 1.82) is 0 Å². The van der Waals surface area contributed by atoms with Gasteiger partial charge in [-0.2, -0.15) is 0 Å². The van der Waals surface area contributed by atoms with E-state index in [1.54, 1.807) is 6.20 Å². The highest BCUT2D eigenvalue weighted by Gasteiger charge is 2.33. The molecule has 0 bridgehead atoms. The highest BCUT2D eigenvalue weighted by atomic mass is 79.9. The molecule has 1 atom stereocenters. The Bertz CT molecular complexity index is 443. The lowest BCUT2D eigenvalue weighted by Gasteiger charge is -2.43. The highest BCUT2D eigenvalue weighted by molar-refractivity contribution is 9.11. The van der Waals surface area contributed by atoms with Crippen LogP contribution in [0, 0.1) is 0 Å². The number of hydrogen-bond acceptors (Lipinski definition) is 6. The van der Waals surface area contributed by atoms with Gasteiger partial charge in [0.2, 0.25) is 0 Å². The number of aliphatic hydroxyl groups is 1. The Balaban J connectivity index is 1.70. The van der Waals surface area contributed by atoms with Gasteiger partial charge in [0.05, 0.1) is 9.98 Å². The van der Waals surface area contributed by atoms with Crippen LogP contribution in [0.2, 0.25) is 0 Å². The summed E-state index contributed by atoms with van der Waals surface area (Å²) in [5.41, 5.74) is 0. The summed E-state index contributed by atoms with van der Waals surface area (Å²) in [5.74, 6) is 0. The summed E-state index contributed by atoms with van der Waals surface area (Å²) in [5, 5.41) is 14.7. The molecule has 1 aliphatic carbocycles. The summed E-state index contributed by atoms with van der Waals surface area (Å²) >= 11 is 4.93. The van der Waals surface area contributed by atoms with Crippen molar-refractivity contribution < 1.29 is 9.84 Å². The van der Waals surface area contributed by atoms with Crippen LogP contribution in [-0.4, -0.2) is 46.6 Å². The van der Waals surface area contributed by atoms with Crippen molar-refractivity contribution in [1.82, 2.24) is 9.88 Å². The van der Waals surface area contributed by atoms with E-state index in [1.165, 1.54) is 43.4 Å². The number of nitrogens with one attached hydrogen (secondary N) is 1. The van der Waals surface area contributed by atoms with Gasteiger partial charge >= 0.3 is 0 Å². The summed E-state index contributed by atoms with van der Waals surface area (Å²) in [7, 11) is 0. The van der Waals surface area contributed by atoms with Crippen molar-refractivity contribution >= 4 is 32.4 Å². The van der Waals surface area contributed by atoms with E-state index >= 15 is 0 Å². The molecule has 1 aliphatic heterocycles. The molecule has 7 heteroatoms. The maximum atomic E-state index is 10.8. The third-order valence-electron chi connectivity index (χ3n) is 4.62. The van der Waals surface area contributed by atoms with Crippen LogP contribution in [0.25, 0.3) is 0 Å². The lowest BCUT2D eigenvalue weighted by atomic mass is 9.92. The fraction of sp³-hybridized carbons (Fsp3) is 0.800. The Hall–Kier alpha value is -0.210. The fourth-order valence-electron chi connectivity index (χ4n) is 3.57. The van der Waals surface area contributed by atoms with Crippen LogP contribution in [0.4, 0.5) is 5.13 Å². The Labute approximate surface area is 144 Å². The Morgan fingerprint density at radius 2 is 1.91 bits per heavy atom. The average molecular weight is 390 g/mol. The molecule has 1 saturated heterocycles. The van der Waals surface area contributed by atoms with Gasteiger partial charge in [-0.3, -0.25) is 4.90 Å². The van der Waals surface area contributed by atoms with E-state index in [1.807, 2.05) is 0 Å². The van der Waals surface area contributed by atoms with Gasteiger partial charge in [-0.25, -0.2) is 4.98 Å². The van der Waals surface area contributed by atoms with Crippen LogP contribution in [0.1, 0.15) is 44.9 Å². The van der Waals surface area contributed by atoms with Gasteiger partial charge in [0.15, 0.2) is 11.5 Å². The van der Waals surface area contributed by atoms with Gasteiger partial charge in [-0.15, -0.1) is 0 Å². The third kappa shape index (κ3) is 4.20. The maximum absolute atomic E-state index is 10.8. The zero-order chi connectivity index (χ0) is 15.4. The van der Waals surface area contributed by atoms with Gasteiger partial charge in [-0.05, 0) is 41.6 Å². The number of ether oxygens (including phenoxy) is 1. The van der Waals surface area contributed by atoms with Crippen LogP contribution in [-0.2, 0) is 4.74 Å². The molecule has 0 radical (unpaired) electrons. The zero-order valence-electron chi connectivity index (χ0n) is 12.7. The van der Waals surface area contributed by atoms with Gasteiger partial charge in [0, 0.05) is 25.3 Å². The minimum Gasteiger partial charge on any atom is -0.381 e. The van der Waals surface area contributed by atoms with Crippen LogP contribution in [0.5, 0.6) is 0 Å². The van der Waals surface area contributed by atoms with E-state index < -0.39 is 6.35 Å². The predicted octanol–water partition coefficient (Wildman–Crippen LogP) is 3.41. The largest absolute Gasteiger partial charge is 0.381 e. The van der Waals surface area contributed by atoms with E-state index in [0.717, 1.165) is 35.0 Å². The molecule has 1 saturated carbocycles. The monoisotopic (exact) mass is 389 g/mol. The average Bonchev–Trinajstić information content (AvgIpc) is 2.95. The molecule has 2 heterocycles. The van der Waals surface area contributed by atoms with Crippen LogP contribution < -0.4 is 5.32 Å². The van der Waals surface area contributed by atoms with Crippen molar-refractivity contribution in [2.24, 2.45) is 0 Å². The molecule has 2 aliphatic rings. The molecule has 5 nitrogen and oxygen atoms in total. The lowest BCUT2D eigenvalue weighted by Crippen LogP contribution is -2.54. The molecular weight excluding hydrogens is 366 g/mol. The van der Waals surface area contributed by atoms with Gasteiger partial charge in [0.25, 0.3) is 0 Å². The van der Waals surface area contributed by atoms with E-state index in [4.69, 9.17) is 4.74 Å². The molecule has 124 valence electrons. The Morgan fingerprint density at radius 3 is 2.55 bits per heavy atom. The summed E-state index contributed by atoms with van der Waals surface area (Å²) in [6.07, 6.45) is 9.28. The molecule has 1 unspecified atom stereocenters. The molecule has 0 amide bonds. The second-order valence-electron chi connectivity index (χ2n) is 6.07. The Morgan fingerprint density at radius 1 is 1.23 bits per heavy atom. The van der Waals surface area contributed by atoms with E-state index in [2.05, 4.69) is 31.1 Å². The van der Waals surface area contributed by atoms with Gasteiger partial charge < -0.3 is 15.2 Å². The number of nitrogens with zero attached hydrogens (tertiary/aromatic N) is 2. The minimum atomic E-state index is -0.677. The number of hydrogen-bond donors (Lipinski definition) is 2. The van der Waals surface area contributed by atoms with Crippen LogP contribution in [0.3, 0.4) is 0 Å². The summed E-state index contributed by atoms with van der Waals surface area (Å²) < 4.78 is 6.46. The van der Waals surface area contributed by atoms with Crippen molar-refractivity contribution in [3.63, 3.8) is 0 Å². The number of aromatic nitrogens is 1. The second kappa shape index (κ2) is 8.06. The van der Waals surface area contributed by atoms with Crippen LogP contribution in [0.15, 0.2) is 9.98 Å². The topological polar surface area (TPSA) is 57.6 Å². The van der Waals surface area contributed by atoms with Crippen LogP contribution >= 0.6 is 27.3 Å². The summed E-state index contributed by atoms with van der Waals surface area (Å²) in [6.45, 7) is 1.59. The van der Waals surface area contributed by atoms with E-state index in [9.17, 15) is 5.11 Å². The number of halogens is 1. The summed E-state index contributed by atoms with van der Waals surface area (Å²) in [4.78, 5) is 6.57. The maximum Gasteiger partial charge on any atom is 0.186 e. The van der Waals surface area contributed by atoms with Crippen molar-refractivity contribution in [3.8, 4) is 0 Å². The minimum absolute atomic E-state index is 0.391. The predicted molar refractivity (Wildman–Crippen MR) is 92.0 cm³/mol. The van der Waals surface area contributed by atoms with Crippen molar-refractivity contribution in [2.45, 2.75) is 63.4 Å². The molecule has 22 heavy (non-hydrogen) atoms. The van der Waals surface area contributed by atoms with Gasteiger partial charge in [-0.1, -0.05) is 30.6 Å². The van der Waals surface area contributed by atoms with Crippen molar-refractivity contribution in [3.05, 3.63) is 9.98 Å². The SMILES string of the molecule is OC(Nc1ncc(Br)s1)N(C1CCCCC1)C1CCOCC1. The first-order valence-corrected chi connectivity index (χ1v) is 9.76. The standard InChI is InChI=1S/C15H24BrN3O2S/c16-13-10-17-14(22-13)18-15(20)19(11-4-2-1-3-5-11)12-6-8-21-9-7-12/h10-12,15,20H,1-9H2,(H,17,18). The smallest absolute Gasteiger partial charge is 0.186 e. The molecule has 2 fully saturated rings. The molecular formula is C15H24BrN3O2S. The first-order valence-electron chi connectivity index (χ1n) is 8.15. The first-order chi connectivity index (χ1) is 10.7. The van der Waals surface area contributed by atoms with E-state index in [0.29, 0.717) is 12.1 Å². The van der Waals surface area contributed by atoms with Gasteiger partial charge in [0.1, 0.15) is 0 Å². The number of aliphatic hydroxyl groups excluding tert-OH is 1. The van der Waals surface area contributed by atoms with E-state index in [-0.39, 0.29) is 0 Å². The molecule has 0 aromatic carbocycles. The number of thiazole rings is 1. The number of anilines is 1. The molecule has 1 aromatic heterocycles. The number of rotatable bonds is 5. The Kier molecular flexibility index (Phi) is 6.09. The van der Waals surface area contributed by atoms with Crippen molar-refractivity contribution in [2.75, 3.05) is 18.5 Å². The second-order valence-corrected chi connectivity index (χ2v) is 8.48. The quantitative estimate of drug-likeness (QED) is 0.755. The highest BCUT2D eigenvalue weighted by Crippen LogP contribution is 2.30. The first kappa shape index (κ1) is 16.6. The fourth-order valence-corrected chi connectivity index (χ4v) is 4.69. The molecule has 3 rings (SSSR count). The molecule has 0 spiro atoms.